The first-order valence-corrected chi connectivity index (χ1v) is 13.4. The second-order valence-electron chi connectivity index (χ2n) is 9.45. The lowest BCUT2D eigenvalue weighted by Crippen LogP contribution is -2.42. The Labute approximate surface area is 227 Å². The predicted octanol–water partition coefficient (Wildman–Crippen LogP) is 2.91. The Morgan fingerprint density at radius 2 is 1.79 bits per heavy atom. The van der Waals surface area contributed by atoms with Gasteiger partial charge in [-0.1, -0.05) is 12.1 Å². The Morgan fingerprint density at radius 1 is 1.05 bits per heavy atom. The van der Waals surface area contributed by atoms with Gasteiger partial charge in [-0.2, -0.15) is 0 Å². The SMILES string of the molecule is COc1ccc(CN(Cc2cc3cc4c(cc3[nH]c2=O)OCCO4)C(=S)NCCCN2CCOCC2)cc1. The molecular weight excluding hydrogens is 504 g/mol. The molecule has 0 unspecified atom stereocenters. The van der Waals surface area contributed by atoms with E-state index in [1.165, 1.54) is 0 Å². The van der Waals surface area contributed by atoms with Gasteiger partial charge in [-0.25, -0.2) is 0 Å². The number of pyridine rings is 1. The van der Waals surface area contributed by atoms with Crippen LogP contribution >= 0.6 is 12.2 Å². The van der Waals surface area contributed by atoms with E-state index in [4.69, 9.17) is 31.2 Å². The number of benzene rings is 2. The van der Waals surface area contributed by atoms with E-state index in [1.54, 1.807) is 7.11 Å². The summed E-state index contributed by atoms with van der Waals surface area (Å²) in [6.07, 6.45) is 0.972. The van der Waals surface area contributed by atoms with E-state index in [1.807, 2.05) is 47.4 Å². The summed E-state index contributed by atoms with van der Waals surface area (Å²) < 4.78 is 22.1. The third-order valence-corrected chi connectivity index (χ3v) is 7.20. The summed E-state index contributed by atoms with van der Waals surface area (Å²) in [4.78, 5) is 20.5. The summed E-state index contributed by atoms with van der Waals surface area (Å²) in [5, 5.41) is 4.91. The Hall–Kier alpha value is -3.34. The maximum atomic E-state index is 13.1. The van der Waals surface area contributed by atoms with E-state index in [-0.39, 0.29) is 5.56 Å². The molecular formula is C28H34N4O5S. The van der Waals surface area contributed by atoms with Crippen LogP contribution in [0.3, 0.4) is 0 Å². The third-order valence-electron chi connectivity index (χ3n) is 6.80. The highest BCUT2D eigenvalue weighted by Gasteiger charge is 2.17. The molecule has 0 radical (unpaired) electrons. The molecule has 1 fully saturated rings. The second-order valence-corrected chi connectivity index (χ2v) is 9.84. The zero-order valence-corrected chi connectivity index (χ0v) is 22.5. The molecule has 3 heterocycles. The van der Waals surface area contributed by atoms with E-state index in [9.17, 15) is 4.79 Å². The molecule has 3 aromatic rings. The van der Waals surface area contributed by atoms with Gasteiger partial charge in [0.25, 0.3) is 5.56 Å². The molecule has 2 N–H and O–H groups in total. The van der Waals surface area contributed by atoms with Crippen LogP contribution in [0, 0.1) is 0 Å². The number of aromatic amines is 1. The summed E-state index contributed by atoms with van der Waals surface area (Å²) in [5.74, 6) is 2.13. The number of methoxy groups -OCH3 is 1. The van der Waals surface area contributed by atoms with E-state index < -0.39 is 0 Å². The molecule has 1 saturated heterocycles. The van der Waals surface area contributed by atoms with Crippen molar-refractivity contribution in [1.29, 1.82) is 0 Å². The molecule has 0 amide bonds. The minimum Gasteiger partial charge on any atom is -0.497 e. The number of ether oxygens (including phenoxy) is 4. The fraction of sp³-hybridized carbons (Fsp3) is 0.429. The summed E-state index contributed by atoms with van der Waals surface area (Å²) >= 11 is 5.82. The number of H-pyrrole nitrogens is 1. The Bertz CT molecular complexity index is 1310. The lowest BCUT2D eigenvalue weighted by Gasteiger charge is -2.28. The van der Waals surface area contributed by atoms with Gasteiger partial charge in [0.05, 0.1) is 32.4 Å². The van der Waals surface area contributed by atoms with E-state index in [2.05, 4.69) is 15.2 Å². The molecule has 0 saturated carbocycles. The van der Waals surface area contributed by atoms with Crippen LogP contribution in [0.2, 0.25) is 0 Å². The Morgan fingerprint density at radius 3 is 2.53 bits per heavy atom. The number of rotatable bonds is 9. The molecule has 10 heteroatoms. The van der Waals surface area contributed by atoms with Gasteiger partial charge >= 0.3 is 0 Å². The average Bonchev–Trinajstić information content (AvgIpc) is 2.95. The minimum absolute atomic E-state index is 0.149. The number of aromatic nitrogens is 1. The number of hydrogen-bond donors (Lipinski definition) is 2. The highest BCUT2D eigenvalue weighted by Crippen LogP contribution is 2.33. The van der Waals surface area contributed by atoms with Crippen molar-refractivity contribution in [3.63, 3.8) is 0 Å². The molecule has 2 aromatic carbocycles. The van der Waals surface area contributed by atoms with Gasteiger partial charge < -0.3 is 34.1 Å². The lowest BCUT2D eigenvalue weighted by atomic mass is 10.1. The van der Waals surface area contributed by atoms with Crippen LogP contribution < -0.4 is 25.1 Å². The van der Waals surface area contributed by atoms with Crippen molar-refractivity contribution in [2.45, 2.75) is 19.5 Å². The van der Waals surface area contributed by atoms with Crippen molar-refractivity contribution in [2.75, 3.05) is 59.7 Å². The molecule has 0 atom stereocenters. The molecule has 202 valence electrons. The smallest absolute Gasteiger partial charge is 0.253 e. The van der Waals surface area contributed by atoms with Crippen molar-refractivity contribution in [3.05, 3.63) is 63.9 Å². The average molecular weight is 539 g/mol. The van der Waals surface area contributed by atoms with Crippen LogP contribution in [0.25, 0.3) is 10.9 Å². The van der Waals surface area contributed by atoms with Crippen molar-refractivity contribution in [2.24, 2.45) is 0 Å². The highest BCUT2D eigenvalue weighted by atomic mass is 32.1. The van der Waals surface area contributed by atoms with Gasteiger partial charge in [0, 0.05) is 43.2 Å². The van der Waals surface area contributed by atoms with Crippen molar-refractivity contribution in [3.8, 4) is 17.2 Å². The summed E-state index contributed by atoms with van der Waals surface area (Å²) in [6, 6.07) is 13.5. The van der Waals surface area contributed by atoms with Gasteiger partial charge in [0.15, 0.2) is 16.6 Å². The molecule has 0 bridgehead atoms. The number of morpholine rings is 1. The summed E-state index contributed by atoms with van der Waals surface area (Å²) in [5.41, 5.74) is 2.26. The molecule has 2 aliphatic heterocycles. The van der Waals surface area contributed by atoms with Gasteiger partial charge in [-0.3, -0.25) is 9.69 Å². The maximum absolute atomic E-state index is 13.1. The van der Waals surface area contributed by atoms with Gasteiger partial charge in [-0.15, -0.1) is 0 Å². The fourth-order valence-electron chi connectivity index (χ4n) is 4.70. The molecule has 5 rings (SSSR count). The Kier molecular flexibility index (Phi) is 8.62. The standard InChI is InChI=1S/C28H34N4O5S/c1-34-23-5-3-20(4-6-23)18-32(28(38)29-7-2-8-31-9-11-35-12-10-31)19-22-15-21-16-25-26(37-14-13-36-25)17-24(21)30-27(22)33/h3-6,15-17H,2,7-14,18-19H2,1H3,(H,29,38)(H,30,33). The summed E-state index contributed by atoms with van der Waals surface area (Å²) in [7, 11) is 1.65. The van der Waals surface area contributed by atoms with Gasteiger partial charge in [0.1, 0.15) is 19.0 Å². The van der Waals surface area contributed by atoms with Crippen LogP contribution in [-0.4, -0.2) is 79.6 Å². The van der Waals surface area contributed by atoms with E-state index in [0.29, 0.717) is 54.0 Å². The van der Waals surface area contributed by atoms with E-state index in [0.717, 1.165) is 62.5 Å². The van der Waals surface area contributed by atoms with Crippen molar-refractivity contribution >= 4 is 28.2 Å². The first-order chi connectivity index (χ1) is 18.6. The van der Waals surface area contributed by atoms with Crippen LogP contribution in [0.5, 0.6) is 17.2 Å². The second kappa shape index (κ2) is 12.5. The van der Waals surface area contributed by atoms with Crippen LogP contribution in [-0.2, 0) is 17.8 Å². The largest absolute Gasteiger partial charge is 0.497 e. The topological polar surface area (TPSA) is 88.3 Å². The molecule has 2 aliphatic rings. The first-order valence-electron chi connectivity index (χ1n) is 13.0. The van der Waals surface area contributed by atoms with Crippen LogP contribution in [0.4, 0.5) is 0 Å². The van der Waals surface area contributed by atoms with Gasteiger partial charge in [0.2, 0.25) is 0 Å². The zero-order chi connectivity index (χ0) is 26.3. The molecule has 0 spiro atoms. The van der Waals surface area contributed by atoms with E-state index >= 15 is 0 Å². The van der Waals surface area contributed by atoms with Crippen molar-refractivity contribution < 1.29 is 18.9 Å². The lowest BCUT2D eigenvalue weighted by molar-refractivity contribution is 0.0376. The zero-order valence-electron chi connectivity index (χ0n) is 21.7. The summed E-state index contributed by atoms with van der Waals surface area (Å²) in [6.45, 7) is 7.21. The quantitative estimate of drug-likeness (QED) is 0.315. The molecule has 0 aliphatic carbocycles. The number of fused-ring (bicyclic) bond motifs is 2. The van der Waals surface area contributed by atoms with Crippen LogP contribution in [0.1, 0.15) is 17.5 Å². The normalized spacial score (nSPS) is 15.3. The third kappa shape index (κ3) is 6.56. The van der Waals surface area contributed by atoms with Crippen LogP contribution in [0.15, 0.2) is 47.3 Å². The number of hydrogen-bond acceptors (Lipinski definition) is 7. The highest BCUT2D eigenvalue weighted by molar-refractivity contribution is 7.80. The van der Waals surface area contributed by atoms with Crippen molar-refractivity contribution in [1.82, 2.24) is 20.1 Å². The first kappa shape index (κ1) is 26.3. The monoisotopic (exact) mass is 538 g/mol. The molecule has 9 nitrogen and oxygen atoms in total. The number of nitrogens with one attached hydrogen (secondary N) is 2. The minimum atomic E-state index is -0.149. The van der Waals surface area contributed by atoms with Gasteiger partial charge in [-0.05, 0) is 55.0 Å². The predicted molar refractivity (Wildman–Crippen MR) is 150 cm³/mol. The number of nitrogens with zero attached hydrogens (tertiary/aromatic N) is 2. The number of thiocarbonyl (C=S) groups is 1. The fourth-order valence-corrected chi connectivity index (χ4v) is 4.93. The Balaban J connectivity index is 1.31. The molecule has 1 aromatic heterocycles. The molecule has 38 heavy (non-hydrogen) atoms. The maximum Gasteiger partial charge on any atom is 0.253 e.